The molecule has 118 valence electrons. The van der Waals surface area contributed by atoms with Gasteiger partial charge in [0.05, 0.1) is 13.0 Å². The van der Waals surface area contributed by atoms with Gasteiger partial charge in [-0.3, -0.25) is 4.79 Å². The smallest absolute Gasteiger partial charge is 0.226 e. The second kappa shape index (κ2) is 8.87. The van der Waals surface area contributed by atoms with Crippen LogP contribution in [0, 0.1) is 18.3 Å². The highest BCUT2D eigenvalue weighted by atomic mass is 32.2. The van der Waals surface area contributed by atoms with Crippen molar-refractivity contribution in [2.75, 3.05) is 32.6 Å². The Morgan fingerprint density at radius 2 is 2.05 bits per heavy atom. The van der Waals surface area contributed by atoms with E-state index in [4.69, 9.17) is 11.2 Å². The predicted octanol–water partition coefficient (Wildman–Crippen LogP) is 2.84. The fraction of sp³-hybridized carbons (Fsp3) is 0.500. The van der Waals surface area contributed by atoms with Crippen LogP contribution in [-0.2, 0) is 16.0 Å². The molecule has 0 N–H and O–H groups in total. The zero-order valence-electron chi connectivity index (χ0n) is 13.1. The van der Waals surface area contributed by atoms with Gasteiger partial charge in [-0.1, -0.05) is 18.1 Å². The van der Waals surface area contributed by atoms with Gasteiger partial charge in [-0.25, -0.2) is 0 Å². The van der Waals surface area contributed by atoms with Gasteiger partial charge in [-0.05, 0) is 42.7 Å². The molecule has 1 fully saturated rings. The maximum Gasteiger partial charge on any atom is 0.226 e. The Hall–Kier alpha value is -1.44. The molecule has 0 radical (unpaired) electrons. The molecule has 0 aliphatic carbocycles. The molecule has 0 atom stereocenters. The Balaban J connectivity index is 1.76. The minimum absolute atomic E-state index is 0.222. The van der Waals surface area contributed by atoms with Gasteiger partial charge >= 0.3 is 0 Å². The van der Waals surface area contributed by atoms with E-state index in [-0.39, 0.29) is 5.91 Å². The van der Waals surface area contributed by atoms with Crippen LogP contribution in [0.25, 0.3) is 0 Å². The Kier molecular flexibility index (Phi) is 6.82. The third-order valence-electron chi connectivity index (χ3n) is 4.02. The van der Waals surface area contributed by atoms with Gasteiger partial charge in [0.25, 0.3) is 0 Å². The van der Waals surface area contributed by atoms with Gasteiger partial charge < -0.3 is 9.64 Å². The van der Waals surface area contributed by atoms with E-state index in [1.165, 1.54) is 4.90 Å². The summed E-state index contributed by atoms with van der Waals surface area (Å²) in [6.45, 7) is 2.74. The van der Waals surface area contributed by atoms with Crippen LogP contribution in [0.4, 0.5) is 0 Å². The summed E-state index contributed by atoms with van der Waals surface area (Å²) in [5.41, 5.74) is 1.09. The van der Waals surface area contributed by atoms with Crippen molar-refractivity contribution in [2.45, 2.75) is 24.2 Å². The topological polar surface area (TPSA) is 29.5 Å². The molecule has 2 rings (SSSR count). The molecule has 1 saturated heterocycles. The molecule has 1 heterocycles. The van der Waals surface area contributed by atoms with Crippen molar-refractivity contribution in [3.05, 3.63) is 29.8 Å². The standard InChI is InChI=1S/C18H23NO2S/c1-3-12-21-14-16-8-10-19(11-9-16)18(20)13-15-4-6-17(22-2)7-5-15/h1,4-7,16H,8-14H2,2H3. The second-order valence-corrected chi connectivity index (χ2v) is 6.45. The van der Waals surface area contributed by atoms with Crippen molar-refractivity contribution in [2.24, 2.45) is 5.92 Å². The number of hydrogen-bond donors (Lipinski definition) is 0. The SMILES string of the molecule is C#CCOCC1CCN(C(=O)Cc2ccc(SC)cc2)CC1. The molecule has 4 heteroatoms. The van der Waals surface area contributed by atoms with E-state index in [1.807, 2.05) is 17.0 Å². The third-order valence-corrected chi connectivity index (χ3v) is 4.76. The van der Waals surface area contributed by atoms with Crippen molar-refractivity contribution >= 4 is 17.7 Å². The number of carbonyl (C=O) groups excluding carboxylic acids is 1. The number of thioether (sulfide) groups is 1. The summed E-state index contributed by atoms with van der Waals surface area (Å²) in [5.74, 6) is 3.23. The van der Waals surface area contributed by atoms with Gasteiger partial charge in [0.15, 0.2) is 0 Å². The first kappa shape index (κ1) is 16.9. The number of piperidine rings is 1. The van der Waals surface area contributed by atoms with Crippen LogP contribution in [-0.4, -0.2) is 43.4 Å². The highest BCUT2D eigenvalue weighted by Gasteiger charge is 2.22. The normalized spacial score (nSPS) is 15.5. The summed E-state index contributed by atoms with van der Waals surface area (Å²) in [6.07, 6.45) is 9.72. The lowest BCUT2D eigenvalue weighted by Gasteiger charge is -2.32. The number of rotatable bonds is 6. The van der Waals surface area contributed by atoms with Crippen LogP contribution in [0.3, 0.4) is 0 Å². The van der Waals surface area contributed by atoms with E-state index in [0.29, 0.717) is 25.6 Å². The zero-order chi connectivity index (χ0) is 15.8. The summed E-state index contributed by atoms with van der Waals surface area (Å²) in [5, 5.41) is 0. The average Bonchev–Trinajstić information content (AvgIpc) is 2.56. The van der Waals surface area contributed by atoms with Crippen LogP contribution in [0.1, 0.15) is 18.4 Å². The Morgan fingerprint density at radius 1 is 1.36 bits per heavy atom. The van der Waals surface area contributed by atoms with E-state index in [1.54, 1.807) is 11.8 Å². The molecule has 0 unspecified atom stereocenters. The van der Waals surface area contributed by atoms with Gasteiger partial charge in [0, 0.05) is 18.0 Å². The van der Waals surface area contributed by atoms with Crippen molar-refractivity contribution in [1.29, 1.82) is 0 Å². The molecular weight excluding hydrogens is 294 g/mol. The van der Waals surface area contributed by atoms with Crippen LogP contribution in [0.2, 0.25) is 0 Å². The van der Waals surface area contributed by atoms with Crippen molar-refractivity contribution < 1.29 is 9.53 Å². The first-order valence-corrected chi connectivity index (χ1v) is 8.87. The van der Waals surface area contributed by atoms with Gasteiger partial charge in [-0.15, -0.1) is 18.2 Å². The molecule has 3 nitrogen and oxygen atoms in total. The summed E-state index contributed by atoms with van der Waals surface area (Å²) in [6, 6.07) is 8.24. The quantitative estimate of drug-likeness (QED) is 0.459. The molecule has 1 amide bonds. The third kappa shape index (κ3) is 5.08. The monoisotopic (exact) mass is 317 g/mol. The number of nitrogens with zero attached hydrogens (tertiary/aromatic N) is 1. The average molecular weight is 317 g/mol. The minimum atomic E-state index is 0.222. The summed E-state index contributed by atoms with van der Waals surface area (Å²) in [4.78, 5) is 15.6. The largest absolute Gasteiger partial charge is 0.369 e. The number of hydrogen-bond acceptors (Lipinski definition) is 3. The number of benzene rings is 1. The number of amides is 1. The summed E-state index contributed by atoms with van der Waals surface area (Å²) in [7, 11) is 0. The Labute approximate surface area is 137 Å². The Morgan fingerprint density at radius 3 is 2.64 bits per heavy atom. The fourth-order valence-corrected chi connectivity index (χ4v) is 3.07. The van der Waals surface area contributed by atoms with Gasteiger partial charge in [-0.2, -0.15) is 0 Å². The van der Waals surface area contributed by atoms with E-state index >= 15 is 0 Å². The van der Waals surface area contributed by atoms with Crippen LogP contribution in [0.5, 0.6) is 0 Å². The predicted molar refractivity (Wildman–Crippen MR) is 90.9 cm³/mol. The molecule has 1 aromatic rings. The highest BCUT2D eigenvalue weighted by Crippen LogP contribution is 2.19. The van der Waals surface area contributed by atoms with Crippen LogP contribution < -0.4 is 0 Å². The first-order chi connectivity index (χ1) is 10.7. The molecule has 1 aromatic carbocycles. The maximum absolute atomic E-state index is 12.4. The summed E-state index contributed by atoms with van der Waals surface area (Å²) < 4.78 is 5.39. The van der Waals surface area contributed by atoms with E-state index in [0.717, 1.165) is 31.5 Å². The number of ether oxygens (including phenoxy) is 1. The molecule has 0 bridgehead atoms. The molecule has 1 aliphatic heterocycles. The highest BCUT2D eigenvalue weighted by molar-refractivity contribution is 7.98. The molecule has 0 spiro atoms. The van der Waals surface area contributed by atoms with E-state index in [9.17, 15) is 4.79 Å². The second-order valence-electron chi connectivity index (χ2n) is 5.57. The number of likely N-dealkylation sites (tertiary alicyclic amines) is 1. The first-order valence-electron chi connectivity index (χ1n) is 7.65. The number of terminal acetylenes is 1. The molecule has 0 saturated carbocycles. The molecule has 0 aromatic heterocycles. The molecule has 1 aliphatic rings. The van der Waals surface area contributed by atoms with E-state index in [2.05, 4.69) is 24.3 Å². The fourth-order valence-electron chi connectivity index (χ4n) is 2.66. The maximum atomic E-state index is 12.4. The van der Waals surface area contributed by atoms with Crippen LogP contribution >= 0.6 is 11.8 Å². The van der Waals surface area contributed by atoms with E-state index < -0.39 is 0 Å². The van der Waals surface area contributed by atoms with Crippen LogP contribution in [0.15, 0.2) is 29.2 Å². The molecular formula is C18H23NO2S. The van der Waals surface area contributed by atoms with Gasteiger partial charge in [0.2, 0.25) is 5.91 Å². The minimum Gasteiger partial charge on any atom is -0.369 e. The van der Waals surface area contributed by atoms with Gasteiger partial charge in [0.1, 0.15) is 6.61 Å². The number of carbonyl (C=O) groups is 1. The summed E-state index contributed by atoms with van der Waals surface area (Å²) >= 11 is 1.71. The zero-order valence-corrected chi connectivity index (χ0v) is 13.9. The lowest BCUT2D eigenvalue weighted by atomic mass is 9.97. The lowest BCUT2D eigenvalue weighted by Crippen LogP contribution is -2.40. The molecule has 22 heavy (non-hydrogen) atoms. The van der Waals surface area contributed by atoms with Crippen molar-refractivity contribution in [3.8, 4) is 12.3 Å². The van der Waals surface area contributed by atoms with Crippen molar-refractivity contribution in [3.63, 3.8) is 0 Å². The lowest BCUT2D eigenvalue weighted by molar-refractivity contribution is -0.132. The Bertz CT molecular complexity index is 513. The van der Waals surface area contributed by atoms with Crippen molar-refractivity contribution in [1.82, 2.24) is 4.90 Å².